The fourth-order valence-corrected chi connectivity index (χ4v) is 3.03. The second-order valence-corrected chi connectivity index (χ2v) is 6.53. The molecule has 4 nitrogen and oxygen atoms in total. The lowest BCUT2D eigenvalue weighted by Gasteiger charge is -2.12. The van der Waals surface area contributed by atoms with Crippen LogP contribution in [0.4, 0.5) is 0 Å². The first-order valence-corrected chi connectivity index (χ1v) is 8.72. The van der Waals surface area contributed by atoms with E-state index in [-0.39, 0.29) is 23.4 Å². The van der Waals surface area contributed by atoms with Crippen molar-refractivity contribution in [1.82, 2.24) is 0 Å². The van der Waals surface area contributed by atoms with Gasteiger partial charge in [-0.1, -0.05) is 38.1 Å². The fourth-order valence-electron chi connectivity index (χ4n) is 3.03. The number of phenolic OH excluding ortho intramolecular Hbond substituents is 2. The Balaban J connectivity index is 2.00. The molecule has 0 amide bonds. The zero-order valence-corrected chi connectivity index (χ0v) is 14.9. The van der Waals surface area contributed by atoms with Gasteiger partial charge in [0, 0.05) is 17.6 Å². The highest BCUT2D eigenvalue weighted by atomic mass is 16.5. The summed E-state index contributed by atoms with van der Waals surface area (Å²) in [4.78, 5) is 12.5. The average molecular weight is 350 g/mol. The SMILES string of the molecule is CCC(C)C1=C(Cc2ccc(O)cc2)C(=O)O/C1=C\c1ccc(O)cc1. The van der Waals surface area contributed by atoms with Gasteiger partial charge in [0.15, 0.2) is 0 Å². The van der Waals surface area contributed by atoms with Gasteiger partial charge in [0.2, 0.25) is 0 Å². The highest BCUT2D eigenvalue weighted by Gasteiger charge is 2.32. The number of carbonyl (C=O) groups excluding carboxylic acids is 1. The van der Waals surface area contributed by atoms with Gasteiger partial charge in [-0.2, -0.15) is 0 Å². The lowest BCUT2D eigenvalue weighted by atomic mass is 9.90. The van der Waals surface area contributed by atoms with Crippen molar-refractivity contribution in [2.75, 3.05) is 0 Å². The van der Waals surface area contributed by atoms with Crippen molar-refractivity contribution in [2.45, 2.75) is 26.7 Å². The van der Waals surface area contributed by atoms with E-state index in [0.717, 1.165) is 23.1 Å². The normalized spacial score (nSPS) is 16.8. The minimum Gasteiger partial charge on any atom is -0.508 e. The molecule has 2 N–H and O–H groups in total. The summed E-state index contributed by atoms with van der Waals surface area (Å²) in [6.45, 7) is 4.16. The van der Waals surface area contributed by atoms with Crippen LogP contribution in [-0.4, -0.2) is 16.2 Å². The van der Waals surface area contributed by atoms with Crippen LogP contribution in [0, 0.1) is 5.92 Å². The van der Waals surface area contributed by atoms with Crippen LogP contribution in [0.3, 0.4) is 0 Å². The predicted octanol–water partition coefficient (Wildman–Crippen LogP) is 4.58. The van der Waals surface area contributed by atoms with Crippen LogP contribution >= 0.6 is 0 Å². The molecule has 0 aliphatic carbocycles. The summed E-state index contributed by atoms with van der Waals surface area (Å²) in [5, 5.41) is 18.9. The molecule has 1 unspecified atom stereocenters. The van der Waals surface area contributed by atoms with E-state index < -0.39 is 0 Å². The molecule has 4 heteroatoms. The van der Waals surface area contributed by atoms with Gasteiger partial charge < -0.3 is 14.9 Å². The van der Waals surface area contributed by atoms with Crippen molar-refractivity contribution in [2.24, 2.45) is 5.92 Å². The molecule has 0 aromatic heterocycles. The first-order valence-electron chi connectivity index (χ1n) is 8.72. The van der Waals surface area contributed by atoms with Crippen molar-refractivity contribution in [3.05, 3.63) is 76.6 Å². The first kappa shape index (κ1) is 17.8. The summed E-state index contributed by atoms with van der Waals surface area (Å²) in [5.74, 6) is 0.826. The second-order valence-electron chi connectivity index (χ2n) is 6.53. The number of cyclic esters (lactones) is 1. The maximum absolute atomic E-state index is 12.5. The number of carbonyl (C=O) groups is 1. The monoisotopic (exact) mass is 350 g/mol. The minimum absolute atomic E-state index is 0.178. The van der Waals surface area contributed by atoms with E-state index in [1.54, 1.807) is 36.4 Å². The molecule has 0 radical (unpaired) electrons. The smallest absolute Gasteiger partial charge is 0.340 e. The standard InChI is InChI=1S/C22H22O4/c1-3-14(2)21-19(12-15-4-8-17(23)9-5-15)22(25)26-20(21)13-16-6-10-18(24)11-7-16/h4-11,13-14,23-24H,3,12H2,1-2H3/b20-13-. The molecule has 3 rings (SSSR count). The van der Waals surface area contributed by atoms with Crippen LogP contribution in [0.5, 0.6) is 11.5 Å². The Morgan fingerprint density at radius 2 is 1.58 bits per heavy atom. The molecule has 1 atom stereocenters. The molecule has 2 aromatic rings. The lowest BCUT2D eigenvalue weighted by Crippen LogP contribution is -2.05. The number of esters is 1. The first-order chi connectivity index (χ1) is 12.5. The maximum atomic E-state index is 12.5. The number of ether oxygens (including phenoxy) is 1. The Kier molecular flexibility index (Phi) is 5.12. The third-order valence-corrected chi connectivity index (χ3v) is 4.65. The van der Waals surface area contributed by atoms with Crippen molar-refractivity contribution in [3.8, 4) is 11.5 Å². The van der Waals surface area contributed by atoms with Crippen LogP contribution in [0.25, 0.3) is 6.08 Å². The number of rotatable bonds is 5. The summed E-state index contributed by atoms with van der Waals surface area (Å²) in [7, 11) is 0. The van der Waals surface area contributed by atoms with Crippen molar-refractivity contribution in [3.63, 3.8) is 0 Å². The maximum Gasteiger partial charge on any atom is 0.340 e. The van der Waals surface area contributed by atoms with E-state index in [1.165, 1.54) is 0 Å². The van der Waals surface area contributed by atoms with E-state index in [0.29, 0.717) is 17.8 Å². The third-order valence-electron chi connectivity index (χ3n) is 4.65. The van der Waals surface area contributed by atoms with E-state index in [1.807, 2.05) is 18.2 Å². The highest BCUT2D eigenvalue weighted by molar-refractivity contribution is 5.96. The zero-order valence-electron chi connectivity index (χ0n) is 14.9. The molecule has 0 bridgehead atoms. The molecule has 0 saturated carbocycles. The van der Waals surface area contributed by atoms with Crippen molar-refractivity contribution >= 4 is 12.0 Å². The van der Waals surface area contributed by atoms with E-state index >= 15 is 0 Å². The summed E-state index contributed by atoms with van der Waals surface area (Å²) in [6, 6.07) is 13.6. The quantitative estimate of drug-likeness (QED) is 0.775. The van der Waals surface area contributed by atoms with E-state index in [2.05, 4.69) is 13.8 Å². The van der Waals surface area contributed by atoms with Crippen LogP contribution < -0.4 is 0 Å². The third kappa shape index (κ3) is 3.80. The van der Waals surface area contributed by atoms with Gasteiger partial charge in [-0.15, -0.1) is 0 Å². The largest absolute Gasteiger partial charge is 0.508 e. The Morgan fingerprint density at radius 1 is 1.00 bits per heavy atom. The molecular formula is C22H22O4. The molecule has 0 fully saturated rings. The minimum atomic E-state index is -0.321. The van der Waals surface area contributed by atoms with Gasteiger partial charge in [-0.25, -0.2) is 4.79 Å². The number of aromatic hydroxyl groups is 2. The summed E-state index contributed by atoms with van der Waals surface area (Å²) in [5.41, 5.74) is 3.40. The number of benzene rings is 2. The molecule has 1 heterocycles. The second kappa shape index (κ2) is 7.48. The molecule has 1 aliphatic heterocycles. The van der Waals surface area contributed by atoms with Gasteiger partial charge in [-0.05, 0) is 53.8 Å². The number of hydrogen-bond acceptors (Lipinski definition) is 4. The van der Waals surface area contributed by atoms with E-state index in [4.69, 9.17) is 4.74 Å². The van der Waals surface area contributed by atoms with Crippen LogP contribution in [-0.2, 0) is 16.0 Å². The summed E-state index contributed by atoms with van der Waals surface area (Å²) >= 11 is 0. The average Bonchev–Trinajstić information content (AvgIpc) is 2.93. The number of allylic oxidation sites excluding steroid dienone is 1. The van der Waals surface area contributed by atoms with Crippen LogP contribution in [0.15, 0.2) is 65.4 Å². The van der Waals surface area contributed by atoms with Gasteiger partial charge in [0.25, 0.3) is 0 Å². The zero-order chi connectivity index (χ0) is 18.7. The van der Waals surface area contributed by atoms with E-state index in [9.17, 15) is 15.0 Å². The summed E-state index contributed by atoms with van der Waals surface area (Å²) < 4.78 is 5.58. The van der Waals surface area contributed by atoms with Crippen LogP contribution in [0.2, 0.25) is 0 Å². The number of hydrogen-bond donors (Lipinski definition) is 2. The predicted molar refractivity (Wildman–Crippen MR) is 100 cm³/mol. The summed E-state index contributed by atoms with van der Waals surface area (Å²) in [6.07, 6.45) is 3.19. The topological polar surface area (TPSA) is 66.8 Å². The van der Waals surface area contributed by atoms with Gasteiger partial charge >= 0.3 is 5.97 Å². The molecule has 2 aromatic carbocycles. The Bertz CT molecular complexity index is 858. The molecule has 0 saturated heterocycles. The van der Waals surface area contributed by atoms with Gasteiger partial charge in [0.05, 0.1) is 0 Å². The Hall–Kier alpha value is -3.01. The molecule has 0 spiro atoms. The molecular weight excluding hydrogens is 328 g/mol. The van der Waals surface area contributed by atoms with Crippen molar-refractivity contribution < 1.29 is 19.7 Å². The number of phenols is 2. The molecule has 26 heavy (non-hydrogen) atoms. The van der Waals surface area contributed by atoms with Gasteiger partial charge in [0.1, 0.15) is 17.3 Å². The lowest BCUT2D eigenvalue weighted by molar-refractivity contribution is -0.133. The molecule has 1 aliphatic rings. The Morgan fingerprint density at radius 3 is 2.15 bits per heavy atom. The Labute approximate surface area is 153 Å². The van der Waals surface area contributed by atoms with Crippen LogP contribution in [0.1, 0.15) is 31.4 Å². The fraction of sp³-hybridized carbons (Fsp3) is 0.227. The highest BCUT2D eigenvalue weighted by Crippen LogP contribution is 2.36. The molecule has 134 valence electrons. The van der Waals surface area contributed by atoms with Gasteiger partial charge in [-0.3, -0.25) is 0 Å². The van der Waals surface area contributed by atoms with Crippen molar-refractivity contribution in [1.29, 1.82) is 0 Å².